The van der Waals surface area contributed by atoms with E-state index in [9.17, 15) is 9.59 Å². The quantitative estimate of drug-likeness (QED) is 0.620. The molecule has 1 N–H and O–H groups in total. The van der Waals surface area contributed by atoms with Crippen LogP contribution in [0, 0.1) is 0 Å². The van der Waals surface area contributed by atoms with E-state index < -0.39 is 0 Å². The van der Waals surface area contributed by atoms with Gasteiger partial charge in [-0.15, -0.1) is 5.10 Å². The molecule has 0 saturated carbocycles. The van der Waals surface area contributed by atoms with Crippen LogP contribution < -0.4 is 11.2 Å². The minimum atomic E-state index is -0.320. The molecule has 0 radical (unpaired) electrons. The summed E-state index contributed by atoms with van der Waals surface area (Å²) in [4.78, 5) is 28.7. The topological polar surface area (TPSA) is 77.1 Å². The number of fused-ring (bicyclic) bond motifs is 3. The first-order valence-electron chi connectivity index (χ1n) is 7.93. The van der Waals surface area contributed by atoms with Crippen molar-refractivity contribution in [3.63, 3.8) is 0 Å². The SMILES string of the molecule is CCCn1c(=O)c2c(nn3cc[nH]c23)n(Cc2ccccc2)c1=O. The molecule has 0 unspecified atom stereocenters. The van der Waals surface area contributed by atoms with Gasteiger partial charge in [-0.05, 0) is 12.0 Å². The highest BCUT2D eigenvalue weighted by molar-refractivity contribution is 5.89. The van der Waals surface area contributed by atoms with Crippen LogP contribution in [0.25, 0.3) is 16.7 Å². The van der Waals surface area contributed by atoms with E-state index >= 15 is 0 Å². The maximum Gasteiger partial charge on any atom is 0.333 e. The third kappa shape index (κ3) is 2.09. The predicted octanol–water partition coefficient (Wildman–Crippen LogP) is 1.60. The summed E-state index contributed by atoms with van der Waals surface area (Å²) in [5.74, 6) is 0. The van der Waals surface area contributed by atoms with Crippen molar-refractivity contribution in [2.45, 2.75) is 26.4 Å². The molecule has 4 rings (SSSR count). The maximum atomic E-state index is 12.9. The molecule has 0 amide bonds. The third-order valence-electron chi connectivity index (χ3n) is 4.13. The molecule has 0 aliphatic rings. The Morgan fingerprint density at radius 2 is 1.92 bits per heavy atom. The van der Waals surface area contributed by atoms with Crippen LogP contribution in [0.15, 0.2) is 52.3 Å². The Kier molecular flexibility index (Phi) is 3.34. The van der Waals surface area contributed by atoms with Crippen LogP contribution in [0.4, 0.5) is 0 Å². The van der Waals surface area contributed by atoms with Gasteiger partial charge >= 0.3 is 5.69 Å². The van der Waals surface area contributed by atoms with Gasteiger partial charge in [0.05, 0.1) is 6.54 Å². The number of aromatic amines is 1. The molecule has 0 aliphatic carbocycles. The average Bonchev–Trinajstić information content (AvgIpc) is 3.17. The zero-order chi connectivity index (χ0) is 16.7. The average molecular weight is 323 g/mol. The first kappa shape index (κ1) is 14.5. The largest absolute Gasteiger partial charge is 0.344 e. The fourth-order valence-corrected chi connectivity index (χ4v) is 3.03. The maximum absolute atomic E-state index is 12.9. The fraction of sp³-hybridized carbons (Fsp3) is 0.235. The molecule has 24 heavy (non-hydrogen) atoms. The molecule has 4 aromatic rings. The molecule has 7 nitrogen and oxygen atoms in total. The van der Waals surface area contributed by atoms with Crippen molar-refractivity contribution in [2.75, 3.05) is 0 Å². The first-order chi connectivity index (χ1) is 11.7. The van der Waals surface area contributed by atoms with E-state index in [-0.39, 0.29) is 11.2 Å². The predicted molar refractivity (Wildman–Crippen MR) is 91.4 cm³/mol. The minimum Gasteiger partial charge on any atom is -0.344 e. The summed E-state index contributed by atoms with van der Waals surface area (Å²) >= 11 is 0. The molecule has 0 aliphatic heterocycles. The van der Waals surface area contributed by atoms with Crippen LogP contribution in [0.5, 0.6) is 0 Å². The van der Waals surface area contributed by atoms with E-state index in [1.54, 1.807) is 21.5 Å². The number of rotatable bonds is 4. The minimum absolute atomic E-state index is 0.293. The zero-order valence-electron chi connectivity index (χ0n) is 13.3. The Morgan fingerprint density at radius 1 is 1.12 bits per heavy atom. The Balaban J connectivity index is 2.07. The molecule has 1 aromatic carbocycles. The molecule has 7 heteroatoms. The molecule has 122 valence electrons. The molecule has 0 bridgehead atoms. The van der Waals surface area contributed by atoms with Crippen molar-refractivity contribution >= 4 is 16.7 Å². The van der Waals surface area contributed by atoms with E-state index in [0.717, 1.165) is 5.56 Å². The number of H-pyrrole nitrogens is 1. The summed E-state index contributed by atoms with van der Waals surface area (Å²) in [5, 5.41) is 4.88. The first-order valence-corrected chi connectivity index (χ1v) is 7.93. The van der Waals surface area contributed by atoms with Gasteiger partial charge in [-0.25, -0.2) is 9.31 Å². The van der Waals surface area contributed by atoms with E-state index in [0.29, 0.717) is 36.2 Å². The number of benzene rings is 1. The highest BCUT2D eigenvalue weighted by Gasteiger charge is 2.19. The van der Waals surface area contributed by atoms with Gasteiger partial charge < -0.3 is 4.98 Å². The lowest BCUT2D eigenvalue weighted by Gasteiger charge is -2.10. The van der Waals surface area contributed by atoms with Crippen LogP contribution in [0.3, 0.4) is 0 Å². The fourth-order valence-electron chi connectivity index (χ4n) is 3.03. The van der Waals surface area contributed by atoms with E-state index in [2.05, 4.69) is 10.1 Å². The molecule has 0 fully saturated rings. The van der Waals surface area contributed by atoms with Crippen LogP contribution in [0.2, 0.25) is 0 Å². The number of imidazole rings is 1. The van der Waals surface area contributed by atoms with Crippen LogP contribution in [-0.4, -0.2) is 23.7 Å². The Morgan fingerprint density at radius 3 is 2.67 bits per heavy atom. The zero-order valence-corrected chi connectivity index (χ0v) is 13.3. The second-order valence-corrected chi connectivity index (χ2v) is 5.76. The van der Waals surface area contributed by atoms with Crippen LogP contribution in [0.1, 0.15) is 18.9 Å². The Labute approximate surface area is 136 Å². The van der Waals surface area contributed by atoms with Crippen LogP contribution in [-0.2, 0) is 13.1 Å². The standard InChI is InChI=1S/C17H17N5O2/c1-2-9-20-16(23)13-14-18-8-10-22(14)19-15(13)21(17(20)24)11-12-6-4-3-5-7-12/h3-8,10,18H,2,9,11H2,1H3. The van der Waals surface area contributed by atoms with Crippen molar-refractivity contribution in [1.82, 2.24) is 23.7 Å². The number of hydrogen-bond donors (Lipinski definition) is 1. The lowest BCUT2D eigenvalue weighted by molar-refractivity contribution is 0.579. The number of hydrogen-bond acceptors (Lipinski definition) is 3. The molecule has 3 aromatic heterocycles. The highest BCUT2D eigenvalue weighted by Crippen LogP contribution is 2.14. The second kappa shape index (κ2) is 5.52. The summed E-state index contributed by atoms with van der Waals surface area (Å²) in [6.07, 6.45) is 4.16. The van der Waals surface area contributed by atoms with Crippen molar-refractivity contribution in [2.24, 2.45) is 0 Å². The highest BCUT2D eigenvalue weighted by atomic mass is 16.2. The van der Waals surface area contributed by atoms with Crippen molar-refractivity contribution < 1.29 is 0 Å². The summed E-state index contributed by atoms with van der Waals surface area (Å²) < 4.78 is 4.47. The Hall–Kier alpha value is -3.09. The van der Waals surface area contributed by atoms with Gasteiger partial charge in [-0.3, -0.25) is 13.9 Å². The third-order valence-corrected chi connectivity index (χ3v) is 4.13. The number of aromatic nitrogens is 5. The molecule has 0 spiro atoms. The van der Waals surface area contributed by atoms with Gasteiger partial charge in [-0.1, -0.05) is 37.3 Å². The van der Waals surface area contributed by atoms with Gasteiger partial charge in [0.25, 0.3) is 5.56 Å². The molecule has 0 saturated heterocycles. The van der Waals surface area contributed by atoms with Gasteiger partial charge in [-0.2, -0.15) is 0 Å². The van der Waals surface area contributed by atoms with Gasteiger partial charge in [0.1, 0.15) is 11.0 Å². The van der Waals surface area contributed by atoms with Crippen molar-refractivity contribution in [3.05, 3.63) is 69.1 Å². The van der Waals surface area contributed by atoms with Crippen LogP contribution >= 0.6 is 0 Å². The van der Waals surface area contributed by atoms with E-state index in [1.807, 2.05) is 37.3 Å². The van der Waals surface area contributed by atoms with Gasteiger partial charge in [0, 0.05) is 18.9 Å². The smallest absolute Gasteiger partial charge is 0.333 e. The molecular weight excluding hydrogens is 306 g/mol. The monoisotopic (exact) mass is 323 g/mol. The lowest BCUT2D eigenvalue weighted by Crippen LogP contribution is -2.40. The summed E-state index contributed by atoms with van der Waals surface area (Å²) in [7, 11) is 0. The molecule has 3 heterocycles. The summed E-state index contributed by atoms with van der Waals surface area (Å²) in [6.45, 7) is 2.71. The van der Waals surface area contributed by atoms with E-state index in [1.165, 1.54) is 4.57 Å². The normalized spacial score (nSPS) is 11.5. The summed E-state index contributed by atoms with van der Waals surface area (Å²) in [5.41, 5.74) is 1.39. The van der Waals surface area contributed by atoms with E-state index in [4.69, 9.17) is 0 Å². The molecule has 0 atom stereocenters. The lowest BCUT2D eigenvalue weighted by atomic mass is 10.2. The van der Waals surface area contributed by atoms with Crippen molar-refractivity contribution in [1.29, 1.82) is 0 Å². The number of nitrogens with one attached hydrogen (secondary N) is 1. The second-order valence-electron chi connectivity index (χ2n) is 5.76. The number of nitrogens with zero attached hydrogens (tertiary/aromatic N) is 4. The summed E-state index contributed by atoms with van der Waals surface area (Å²) in [6, 6.07) is 9.69. The molecular formula is C17H17N5O2. The Bertz CT molecular complexity index is 1130. The van der Waals surface area contributed by atoms with Gasteiger partial charge in [0.15, 0.2) is 5.65 Å². The van der Waals surface area contributed by atoms with Gasteiger partial charge in [0.2, 0.25) is 0 Å². The van der Waals surface area contributed by atoms with Crippen molar-refractivity contribution in [3.8, 4) is 0 Å².